The summed E-state index contributed by atoms with van der Waals surface area (Å²) in [6.45, 7) is 10.9. The van der Waals surface area contributed by atoms with Gasteiger partial charge in [0.25, 0.3) is 0 Å². The van der Waals surface area contributed by atoms with Crippen molar-refractivity contribution in [1.82, 2.24) is 0 Å². The van der Waals surface area contributed by atoms with Crippen LogP contribution in [0.15, 0.2) is 0 Å². The second-order valence-corrected chi connectivity index (χ2v) is 5.22. The first-order chi connectivity index (χ1) is 6.56. The largest absolute Gasteiger partial charge is 0.381 e. The van der Waals surface area contributed by atoms with Crippen LogP contribution in [0.2, 0.25) is 0 Å². The number of hydrogen-bond donors (Lipinski definition) is 0. The molecule has 0 amide bonds. The van der Waals surface area contributed by atoms with Gasteiger partial charge in [-0.2, -0.15) is 0 Å². The minimum atomic E-state index is 0.381. The van der Waals surface area contributed by atoms with E-state index in [1.807, 2.05) is 0 Å². The maximum absolute atomic E-state index is 5.60. The lowest BCUT2D eigenvalue weighted by molar-refractivity contribution is 0.0886. The molecule has 1 nitrogen and oxygen atoms in total. The van der Waals surface area contributed by atoms with Crippen molar-refractivity contribution in [2.45, 2.75) is 47.0 Å². The van der Waals surface area contributed by atoms with Gasteiger partial charge in [0.15, 0.2) is 0 Å². The third-order valence-electron chi connectivity index (χ3n) is 3.16. The SMILES string of the molecule is CCCCOCCC(C)(CBr)C(C)C. The smallest absolute Gasteiger partial charge is 0.0471 e. The molecule has 0 saturated carbocycles. The molecule has 0 aromatic heterocycles. The molecule has 0 aliphatic heterocycles. The van der Waals surface area contributed by atoms with Crippen LogP contribution >= 0.6 is 15.9 Å². The molecule has 2 heteroatoms. The average molecular weight is 265 g/mol. The number of rotatable bonds is 8. The molecule has 0 radical (unpaired) electrons. The average Bonchev–Trinajstić information content (AvgIpc) is 2.17. The van der Waals surface area contributed by atoms with Gasteiger partial charge in [0.2, 0.25) is 0 Å². The van der Waals surface area contributed by atoms with E-state index in [-0.39, 0.29) is 0 Å². The van der Waals surface area contributed by atoms with Crippen LogP contribution in [0.25, 0.3) is 0 Å². The summed E-state index contributed by atoms with van der Waals surface area (Å²) in [6, 6.07) is 0. The molecular weight excluding hydrogens is 240 g/mol. The Morgan fingerprint density at radius 1 is 1.29 bits per heavy atom. The lowest BCUT2D eigenvalue weighted by Gasteiger charge is -2.31. The number of alkyl halides is 1. The van der Waals surface area contributed by atoms with Crippen molar-refractivity contribution >= 4 is 15.9 Å². The summed E-state index contributed by atoms with van der Waals surface area (Å²) in [5.41, 5.74) is 0.381. The summed E-state index contributed by atoms with van der Waals surface area (Å²) in [4.78, 5) is 0. The summed E-state index contributed by atoms with van der Waals surface area (Å²) in [5.74, 6) is 0.705. The van der Waals surface area contributed by atoms with Crippen LogP contribution in [-0.4, -0.2) is 18.5 Å². The van der Waals surface area contributed by atoms with E-state index in [9.17, 15) is 0 Å². The molecule has 0 bridgehead atoms. The first kappa shape index (κ1) is 14.4. The van der Waals surface area contributed by atoms with Crippen molar-refractivity contribution in [3.8, 4) is 0 Å². The molecule has 0 aliphatic carbocycles. The highest BCUT2D eigenvalue weighted by Gasteiger charge is 2.26. The van der Waals surface area contributed by atoms with Crippen LogP contribution in [-0.2, 0) is 4.74 Å². The predicted octanol–water partition coefficient (Wildman–Crippen LogP) is 4.25. The molecule has 86 valence electrons. The minimum absolute atomic E-state index is 0.381. The Morgan fingerprint density at radius 2 is 1.93 bits per heavy atom. The molecule has 1 atom stereocenters. The number of hydrogen-bond acceptors (Lipinski definition) is 1. The summed E-state index contributed by atoms with van der Waals surface area (Å²) in [7, 11) is 0. The van der Waals surface area contributed by atoms with Crippen LogP contribution in [0.1, 0.15) is 47.0 Å². The zero-order valence-electron chi connectivity index (χ0n) is 10.1. The molecule has 1 unspecified atom stereocenters. The van der Waals surface area contributed by atoms with Crippen LogP contribution in [0, 0.1) is 11.3 Å². The molecule has 0 aromatic carbocycles. The van der Waals surface area contributed by atoms with E-state index in [1.165, 1.54) is 12.8 Å². The third kappa shape index (κ3) is 5.35. The Hall–Kier alpha value is 0.440. The van der Waals surface area contributed by atoms with Gasteiger partial charge in [-0.05, 0) is 24.2 Å². The van der Waals surface area contributed by atoms with Gasteiger partial charge in [0, 0.05) is 18.5 Å². The Bertz CT molecular complexity index is 136. The van der Waals surface area contributed by atoms with Gasteiger partial charge in [-0.1, -0.05) is 50.0 Å². The topological polar surface area (TPSA) is 9.23 Å². The molecule has 0 saturated heterocycles. The molecule has 0 N–H and O–H groups in total. The van der Waals surface area contributed by atoms with Crippen LogP contribution in [0.5, 0.6) is 0 Å². The first-order valence-electron chi connectivity index (χ1n) is 5.70. The van der Waals surface area contributed by atoms with Crippen LogP contribution < -0.4 is 0 Å². The van der Waals surface area contributed by atoms with Gasteiger partial charge in [-0.15, -0.1) is 0 Å². The van der Waals surface area contributed by atoms with Gasteiger partial charge >= 0.3 is 0 Å². The lowest BCUT2D eigenvalue weighted by atomic mass is 9.78. The van der Waals surface area contributed by atoms with Gasteiger partial charge < -0.3 is 4.74 Å². The second-order valence-electron chi connectivity index (χ2n) is 4.66. The Balaban J connectivity index is 3.63. The molecule has 0 aliphatic rings. The molecule has 0 spiro atoms. The highest BCUT2D eigenvalue weighted by atomic mass is 79.9. The van der Waals surface area contributed by atoms with E-state index < -0.39 is 0 Å². The van der Waals surface area contributed by atoms with Crippen molar-refractivity contribution in [2.24, 2.45) is 11.3 Å². The van der Waals surface area contributed by atoms with Crippen molar-refractivity contribution < 1.29 is 4.74 Å². The first-order valence-corrected chi connectivity index (χ1v) is 6.82. The minimum Gasteiger partial charge on any atom is -0.381 e. The zero-order chi connectivity index (χ0) is 11.0. The standard InChI is InChI=1S/C12H25BrO/c1-5-6-8-14-9-7-12(4,10-13)11(2)3/h11H,5-10H2,1-4H3. The van der Waals surface area contributed by atoms with E-state index in [4.69, 9.17) is 4.74 Å². The summed E-state index contributed by atoms with van der Waals surface area (Å²) >= 11 is 3.60. The van der Waals surface area contributed by atoms with E-state index in [0.717, 1.165) is 25.0 Å². The molecule has 0 rings (SSSR count). The van der Waals surface area contributed by atoms with E-state index in [2.05, 4.69) is 43.6 Å². The quantitative estimate of drug-likeness (QED) is 0.471. The van der Waals surface area contributed by atoms with Gasteiger partial charge in [0.1, 0.15) is 0 Å². The molecule has 0 fully saturated rings. The number of halogens is 1. The second kappa shape index (κ2) is 7.70. The van der Waals surface area contributed by atoms with Crippen molar-refractivity contribution in [3.63, 3.8) is 0 Å². The van der Waals surface area contributed by atoms with Crippen molar-refractivity contribution in [2.75, 3.05) is 18.5 Å². The van der Waals surface area contributed by atoms with E-state index in [0.29, 0.717) is 11.3 Å². The Labute approximate surface area is 97.7 Å². The van der Waals surface area contributed by atoms with Crippen LogP contribution in [0.3, 0.4) is 0 Å². The monoisotopic (exact) mass is 264 g/mol. The maximum Gasteiger partial charge on any atom is 0.0471 e. The van der Waals surface area contributed by atoms with Crippen molar-refractivity contribution in [1.29, 1.82) is 0 Å². The van der Waals surface area contributed by atoms with Gasteiger partial charge in [0.05, 0.1) is 0 Å². The fraction of sp³-hybridized carbons (Fsp3) is 1.00. The highest BCUT2D eigenvalue weighted by molar-refractivity contribution is 9.09. The molecule has 14 heavy (non-hydrogen) atoms. The van der Waals surface area contributed by atoms with Gasteiger partial charge in [-0.25, -0.2) is 0 Å². The van der Waals surface area contributed by atoms with Crippen LogP contribution in [0.4, 0.5) is 0 Å². The Morgan fingerprint density at radius 3 is 2.36 bits per heavy atom. The van der Waals surface area contributed by atoms with E-state index in [1.54, 1.807) is 0 Å². The third-order valence-corrected chi connectivity index (χ3v) is 4.44. The summed E-state index contributed by atoms with van der Waals surface area (Å²) < 4.78 is 5.60. The highest BCUT2D eigenvalue weighted by Crippen LogP contribution is 2.32. The van der Waals surface area contributed by atoms with Crippen molar-refractivity contribution in [3.05, 3.63) is 0 Å². The van der Waals surface area contributed by atoms with E-state index >= 15 is 0 Å². The molecular formula is C12H25BrO. The summed E-state index contributed by atoms with van der Waals surface area (Å²) in [5, 5.41) is 1.06. The predicted molar refractivity (Wildman–Crippen MR) is 67.1 cm³/mol. The maximum atomic E-state index is 5.60. The molecule has 0 aromatic rings. The Kier molecular flexibility index (Phi) is 7.94. The van der Waals surface area contributed by atoms with Gasteiger partial charge in [-0.3, -0.25) is 0 Å². The normalized spacial score (nSPS) is 15.9. The fourth-order valence-electron chi connectivity index (χ4n) is 1.16. The number of ether oxygens (including phenoxy) is 1. The molecule has 0 heterocycles. The zero-order valence-corrected chi connectivity index (χ0v) is 11.7. The summed E-state index contributed by atoms with van der Waals surface area (Å²) in [6.07, 6.45) is 3.56. The lowest BCUT2D eigenvalue weighted by Crippen LogP contribution is -2.27. The fourth-order valence-corrected chi connectivity index (χ4v) is 2.09. The number of unbranched alkanes of at least 4 members (excludes halogenated alkanes) is 1.